The summed E-state index contributed by atoms with van der Waals surface area (Å²) in [6, 6.07) is 20.5. The van der Waals surface area contributed by atoms with E-state index in [0.717, 1.165) is 44.3 Å². The Labute approximate surface area is 260 Å². The molecule has 2 aromatic heterocycles. The molecule has 0 N–H and O–H groups in total. The van der Waals surface area contributed by atoms with Gasteiger partial charge in [0.1, 0.15) is 0 Å². The van der Waals surface area contributed by atoms with Crippen LogP contribution in [-0.4, -0.2) is 16.7 Å². The van der Waals surface area contributed by atoms with Gasteiger partial charge in [0.15, 0.2) is 0 Å². The van der Waals surface area contributed by atoms with E-state index in [1.165, 1.54) is 70.1 Å². The van der Waals surface area contributed by atoms with E-state index >= 15 is 0 Å². The van der Waals surface area contributed by atoms with Crippen molar-refractivity contribution in [1.82, 2.24) is 9.55 Å². The second kappa shape index (κ2) is 15.3. The zero-order valence-corrected chi connectivity index (χ0v) is 27.3. The second-order valence-electron chi connectivity index (χ2n) is 12.7. The molecule has 0 fully saturated rings. The van der Waals surface area contributed by atoms with E-state index in [1.807, 2.05) is 18.3 Å². The lowest BCUT2D eigenvalue weighted by molar-refractivity contribution is 0.116. The van der Waals surface area contributed by atoms with E-state index in [0.29, 0.717) is 0 Å². The third kappa shape index (κ3) is 7.95. The molecule has 228 valence electrons. The predicted molar refractivity (Wildman–Crippen MR) is 186 cm³/mol. The van der Waals surface area contributed by atoms with Crippen molar-refractivity contribution >= 4 is 10.9 Å². The highest BCUT2D eigenvalue weighted by molar-refractivity contribution is 5.95. The van der Waals surface area contributed by atoms with Gasteiger partial charge in [-0.1, -0.05) is 69.2 Å². The largest absolute Gasteiger partial charge is 0.375 e. The van der Waals surface area contributed by atoms with Gasteiger partial charge in [0.25, 0.3) is 0 Å². The summed E-state index contributed by atoms with van der Waals surface area (Å²) in [7, 11) is 1.76. The zero-order valence-electron chi connectivity index (χ0n) is 27.3. The molecular weight excluding hydrogens is 524 g/mol. The topological polar surface area (TPSA) is 27.1 Å². The number of nitrogens with zero attached hydrogens (tertiary/aromatic N) is 2. The summed E-state index contributed by atoms with van der Waals surface area (Å²) >= 11 is 0. The summed E-state index contributed by atoms with van der Waals surface area (Å²) in [5.74, 6) is 0. The number of fused-ring (bicyclic) bond motifs is 1. The molecule has 2 heterocycles. The minimum atomic E-state index is -0.0959. The number of pyridine rings is 1. The fourth-order valence-corrected chi connectivity index (χ4v) is 6.41. The molecule has 0 amide bonds. The summed E-state index contributed by atoms with van der Waals surface area (Å²) in [6.45, 7) is 17.9. The molecule has 1 atom stereocenters. The van der Waals surface area contributed by atoms with Gasteiger partial charge in [0.05, 0.1) is 17.5 Å². The molecule has 43 heavy (non-hydrogen) atoms. The van der Waals surface area contributed by atoms with Gasteiger partial charge in [-0.25, -0.2) is 0 Å². The molecule has 0 saturated carbocycles. The summed E-state index contributed by atoms with van der Waals surface area (Å²) in [4.78, 5) is 4.82. The molecule has 0 spiro atoms. The van der Waals surface area contributed by atoms with E-state index in [-0.39, 0.29) is 11.5 Å². The second-order valence-corrected chi connectivity index (χ2v) is 12.7. The number of aromatic nitrogens is 2. The molecule has 1 unspecified atom stereocenters. The molecule has 0 saturated heterocycles. The SMILES string of the molecule is C=CCCCCCCc1cccc(-c2ccc3c(c2)c(CC(C)(C)CCC=C)c(-c2cccnc2C(C)OC)n3CC)c1. The number of allylic oxidation sites excluding steroid dienone is 2. The van der Waals surface area contributed by atoms with Crippen molar-refractivity contribution in [3.05, 3.63) is 103 Å². The van der Waals surface area contributed by atoms with E-state index in [2.05, 4.69) is 100 Å². The van der Waals surface area contributed by atoms with Crippen LogP contribution < -0.4 is 0 Å². The van der Waals surface area contributed by atoms with Gasteiger partial charge < -0.3 is 9.30 Å². The van der Waals surface area contributed by atoms with Gasteiger partial charge >= 0.3 is 0 Å². The van der Waals surface area contributed by atoms with Gasteiger partial charge in [0, 0.05) is 36.3 Å². The highest BCUT2D eigenvalue weighted by atomic mass is 16.5. The van der Waals surface area contributed by atoms with Crippen molar-refractivity contribution in [2.24, 2.45) is 5.41 Å². The highest BCUT2D eigenvalue weighted by Crippen LogP contribution is 2.42. The van der Waals surface area contributed by atoms with E-state index in [1.54, 1.807) is 7.11 Å². The Bertz CT molecular complexity index is 1510. The average molecular weight is 577 g/mol. The third-order valence-corrected chi connectivity index (χ3v) is 8.88. The van der Waals surface area contributed by atoms with Crippen molar-refractivity contribution in [3.63, 3.8) is 0 Å². The molecule has 0 radical (unpaired) electrons. The first-order chi connectivity index (χ1) is 20.8. The average Bonchev–Trinajstić information content (AvgIpc) is 3.33. The minimum Gasteiger partial charge on any atom is -0.375 e. The fraction of sp³-hybridized carbons (Fsp3) is 0.425. The third-order valence-electron chi connectivity index (χ3n) is 8.88. The number of ether oxygens (including phenoxy) is 1. The maximum atomic E-state index is 5.79. The number of unbranched alkanes of at least 4 members (excludes halogenated alkanes) is 4. The maximum absolute atomic E-state index is 5.79. The molecule has 0 aliphatic rings. The minimum absolute atomic E-state index is 0.0959. The Morgan fingerprint density at radius 3 is 2.44 bits per heavy atom. The van der Waals surface area contributed by atoms with E-state index in [4.69, 9.17) is 9.72 Å². The van der Waals surface area contributed by atoms with Crippen LogP contribution in [0.25, 0.3) is 33.3 Å². The van der Waals surface area contributed by atoms with Gasteiger partial charge in [-0.2, -0.15) is 0 Å². The van der Waals surface area contributed by atoms with Crippen LogP contribution in [0.3, 0.4) is 0 Å². The van der Waals surface area contributed by atoms with Crippen molar-refractivity contribution < 1.29 is 4.74 Å². The summed E-state index contributed by atoms with van der Waals surface area (Å²) in [5, 5.41) is 1.34. The van der Waals surface area contributed by atoms with Gasteiger partial charge in [-0.15, -0.1) is 13.2 Å². The number of aryl methyl sites for hydroxylation is 2. The standard InChI is InChI=1S/C40H52N2O/c1-8-11-13-14-15-16-19-31-20-17-21-32(27-31)33-23-24-37-35(28-33)36(29-40(5,6)25-12-9-2)39(42(37)10-3)34-22-18-26-41-38(34)30(4)43-7/h8-9,17-18,20-24,26-28,30H,1-2,10-16,19,25,29H2,3-7H3. The molecule has 0 aliphatic carbocycles. The van der Waals surface area contributed by atoms with Crippen LogP contribution in [0, 0.1) is 5.41 Å². The Hall–Kier alpha value is -3.43. The summed E-state index contributed by atoms with van der Waals surface area (Å²) in [6.07, 6.45) is 16.3. The molecule has 3 nitrogen and oxygen atoms in total. The first kappa shape index (κ1) is 32.5. The fourth-order valence-electron chi connectivity index (χ4n) is 6.41. The molecule has 3 heteroatoms. The summed E-state index contributed by atoms with van der Waals surface area (Å²) in [5.41, 5.74) is 10.2. The lowest BCUT2D eigenvalue weighted by Gasteiger charge is -2.25. The molecule has 0 aliphatic heterocycles. The van der Waals surface area contributed by atoms with Crippen LogP contribution in [0.2, 0.25) is 0 Å². The first-order valence-electron chi connectivity index (χ1n) is 16.3. The number of hydrogen-bond donors (Lipinski definition) is 0. The zero-order chi connectivity index (χ0) is 30.8. The summed E-state index contributed by atoms with van der Waals surface area (Å²) < 4.78 is 8.28. The van der Waals surface area contributed by atoms with Crippen molar-refractivity contribution in [3.8, 4) is 22.4 Å². The molecule has 4 aromatic rings. The number of benzene rings is 2. The number of methoxy groups -OCH3 is 1. The molecule has 2 aromatic carbocycles. The normalized spacial score (nSPS) is 12.5. The monoisotopic (exact) mass is 576 g/mol. The Balaban J connectivity index is 1.81. The highest BCUT2D eigenvalue weighted by Gasteiger charge is 2.27. The number of rotatable bonds is 17. The van der Waals surface area contributed by atoms with Crippen molar-refractivity contribution in [2.45, 2.75) is 98.1 Å². The van der Waals surface area contributed by atoms with Crippen molar-refractivity contribution in [2.75, 3.05) is 7.11 Å². The van der Waals surface area contributed by atoms with Crippen LogP contribution in [0.15, 0.2) is 86.1 Å². The van der Waals surface area contributed by atoms with Crippen LogP contribution in [0.5, 0.6) is 0 Å². The van der Waals surface area contributed by atoms with Crippen LogP contribution in [0.1, 0.15) is 95.6 Å². The van der Waals surface area contributed by atoms with Crippen LogP contribution >= 0.6 is 0 Å². The Morgan fingerprint density at radius 2 is 1.70 bits per heavy atom. The molecule has 0 bridgehead atoms. The lowest BCUT2D eigenvalue weighted by atomic mass is 9.80. The lowest BCUT2D eigenvalue weighted by Crippen LogP contribution is -2.16. The quantitative estimate of drug-likeness (QED) is 0.0923. The van der Waals surface area contributed by atoms with E-state index in [9.17, 15) is 0 Å². The van der Waals surface area contributed by atoms with E-state index < -0.39 is 0 Å². The van der Waals surface area contributed by atoms with Crippen molar-refractivity contribution in [1.29, 1.82) is 0 Å². The smallest absolute Gasteiger partial charge is 0.0969 e. The van der Waals surface area contributed by atoms with Gasteiger partial charge in [0.2, 0.25) is 0 Å². The van der Waals surface area contributed by atoms with Gasteiger partial charge in [-0.3, -0.25) is 4.98 Å². The molecule has 4 rings (SSSR count). The number of hydrogen-bond acceptors (Lipinski definition) is 2. The molecular formula is C40H52N2O. The maximum Gasteiger partial charge on any atom is 0.0969 e. The Kier molecular flexibility index (Phi) is 11.6. The predicted octanol–water partition coefficient (Wildman–Crippen LogP) is 11.3. The van der Waals surface area contributed by atoms with Gasteiger partial charge in [-0.05, 0) is 111 Å². The Morgan fingerprint density at radius 1 is 0.930 bits per heavy atom. The first-order valence-corrected chi connectivity index (χ1v) is 16.3. The van der Waals surface area contributed by atoms with Crippen LogP contribution in [0.4, 0.5) is 0 Å². The van der Waals surface area contributed by atoms with Crippen LogP contribution in [-0.2, 0) is 24.1 Å².